The zero-order valence-corrected chi connectivity index (χ0v) is 11.3. The van der Waals surface area contributed by atoms with E-state index in [1.54, 1.807) is 29.9 Å². The first-order chi connectivity index (χ1) is 9.24. The summed E-state index contributed by atoms with van der Waals surface area (Å²) in [5.41, 5.74) is 1.14. The second-order valence-electron chi connectivity index (χ2n) is 4.39. The minimum atomic E-state index is -0.178. The smallest absolute Gasteiger partial charge is 0.123 e. The molecule has 2 aromatic heterocycles. The first-order valence-electron chi connectivity index (χ1n) is 6.05. The molecule has 0 saturated carbocycles. The van der Waals surface area contributed by atoms with Crippen LogP contribution in [0.3, 0.4) is 0 Å². The number of hydrogen-bond acceptors (Lipinski definition) is 2. The fourth-order valence-electron chi connectivity index (χ4n) is 2.05. The number of aryl methyl sites for hydroxylation is 1. The molecule has 3 aromatic rings. The number of hydrogen-bond donors (Lipinski definition) is 0. The number of aromatic nitrogens is 2. The van der Waals surface area contributed by atoms with Crippen LogP contribution in [0, 0.1) is 12.7 Å². The van der Waals surface area contributed by atoms with Crippen LogP contribution >= 0.6 is 11.3 Å². The second kappa shape index (κ2) is 4.97. The van der Waals surface area contributed by atoms with Crippen LogP contribution in [0.15, 0.2) is 43.0 Å². The minimum absolute atomic E-state index is 0.178. The SMILES string of the molecule is Cc1c(C=CCn2ccnc2)sc2ccc(F)cc12. The lowest BCUT2D eigenvalue weighted by molar-refractivity contribution is 0.630. The third kappa shape index (κ3) is 2.44. The van der Waals surface area contributed by atoms with E-state index in [9.17, 15) is 4.39 Å². The van der Waals surface area contributed by atoms with E-state index in [0.29, 0.717) is 0 Å². The Bertz CT molecular complexity index is 726. The molecule has 1 aromatic carbocycles. The number of rotatable bonds is 3. The third-order valence-electron chi connectivity index (χ3n) is 3.08. The Hall–Kier alpha value is -1.94. The van der Waals surface area contributed by atoms with Crippen LogP contribution in [0.2, 0.25) is 0 Å². The Balaban J connectivity index is 1.88. The average molecular weight is 272 g/mol. The van der Waals surface area contributed by atoms with Gasteiger partial charge >= 0.3 is 0 Å². The zero-order valence-electron chi connectivity index (χ0n) is 10.5. The molecule has 2 nitrogen and oxygen atoms in total. The lowest BCUT2D eigenvalue weighted by Gasteiger charge is -1.95. The van der Waals surface area contributed by atoms with Gasteiger partial charge in [0.2, 0.25) is 0 Å². The summed E-state index contributed by atoms with van der Waals surface area (Å²) in [4.78, 5) is 5.18. The van der Waals surface area contributed by atoms with Gasteiger partial charge in [0, 0.05) is 28.5 Å². The summed E-state index contributed by atoms with van der Waals surface area (Å²) in [7, 11) is 0. The number of nitrogens with zero attached hydrogens (tertiary/aromatic N) is 2. The van der Waals surface area contributed by atoms with E-state index in [2.05, 4.69) is 17.1 Å². The molecule has 2 heterocycles. The van der Waals surface area contributed by atoms with E-state index < -0.39 is 0 Å². The van der Waals surface area contributed by atoms with Crippen molar-refractivity contribution in [3.8, 4) is 0 Å². The molecule has 0 fully saturated rings. The molecule has 0 bridgehead atoms. The fourth-order valence-corrected chi connectivity index (χ4v) is 3.17. The molecule has 0 amide bonds. The molecule has 0 atom stereocenters. The van der Waals surface area contributed by atoms with Crippen molar-refractivity contribution in [2.45, 2.75) is 13.5 Å². The zero-order chi connectivity index (χ0) is 13.2. The van der Waals surface area contributed by atoms with Gasteiger partial charge in [-0.25, -0.2) is 9.37 Å². The van der Waals surface area contributed by atoms with Crippen molar-refractivity contribution in [1.82, 2.24) is 9.55 Å². The van der Waals surface area contributed by atoms with E-state index in [4.69, 9.17) is 0 Å². The van der Waals surface area contributed by atoms with Crippen molar-refractivity contribution in [3.63, 3.8) is 0 Å². The Morgan fingerprint density at radius 2 is 2.32 bits per heavy atom. The maximum absolute atomic E-state index is 13.2. The van der Waals surface area contributed by atoms with Gasteiger partial charge in [-0.15, -0.1) is 11.3 Å². The topological polar surface area (TPSA) is 17.8 Å². The van der Waals surface area contributed by atoms with Gasteiger partial charge in [0.25, 0.3) is 0 Å². The van der Waals surface area contributed by atoms with Gasteiger partial charge in [-0.05, 0) is 42.1 Å². The van der Waals surface area contributed by atoms with Crippen LogP contribution in [0.1, 0.15) is 10.4 Å². The van der Waals surface area contributed by atoms with Crippen molar-refractivity contribution < 1.29 is 4.39 Å². The highest BCUT2D eigenvalue weighted by molar-refractivity contribution is 7.20. The number of allylic oxidation sites excluding steroid dienone is 1. The second-order valence-corrected chi connectivity index (χ2v) is 5.48. The number of halogens is 1. The molecule has 0 spiro atoms. The van der Waals surface area contributed by atoms with E-state index in [0.717, 1.165) is 22.2 Å². The van der Waals surface area contributed by atoms with Gasteiger partial charge in [-0.3, -0.25) is 0 Å². The summed E-state index contributed by atoms with van der Waals surface area (Å²) in [6, 6.07) is 4.96. The van der Waals surface area contributed by atoms with Gasteiger partial charge in [0.1, 0.15) is 5.82 Å². The van der Waals surface area contributed by atoms with Gasteiger partial charge in [-0.2, -0.15) is 0 Å². The monoisotopic (exact) mass is 272 g/mol. The lowest BCUT2D eigenvalue weighted by atomic mass is 10.1. The first kappa shape index (κ1) is 12.1. The molecule has 3 rings (SSSR count). The molecule has 96 valence electrons. The van der Waals surface area contributed by atoms with Crippen LogP contribution in [-0.2, 0) is 6.54 Å². The van der Waals surface area contributed by atoms with Crippen LogP contribution in [0.25, 0.3) is 16.2 Å². The van der Waals surface area contributed by atoms with Gasteiger partial charge < -0.3 is 4.57 Å². The van der Waals surface area contributed by atoms with Gasteiger partial charge in [0.05, 0.1) is 6.33 Å². The van der Waals surface area contributed by atoms with Gasteiger partial charge in [-0.1, -0.05) is 6.08 Å². The quantitative estimate of drug-likeness (QED) is 0.696. The number of imidazole rings is 1. The van der Waals surface area contributed by atoms with Crippen LogP contribution in [0.4, 0.5) is 4.39 Å². The van der Waals surface area contributed by atoms with Crippen LogP contribution in [0.5, 0.6) is 0 Å². The van der Waals surface area contributed by atoms with Crippen molar-refractivity contribution in [2.24, 2.45) is 0 Å². The molecular weight excluding hydrogens is 259 g/mol. The van der Waals surface area contributed by atoms with Gasteiger partial charge in [0.15, 0.2) is 0 Å². The molecule has 0 N–H and O–H groups in total. The summed E-state index contributed by atoms with van der Waals surface area (Å²) in [6.07, 6.45) is 9.67. The molecule has 4 heteroatoms. The molecule has 0 radical (unpaired) electrons. The minimum Gasteiger partial charge on any atom is -0.334 e. The highest BCUT2D eigenvalue weighted by atomic mass is 32.1. The van der Waals surface area contributed by atoms with E-state index >= 15 is 0 Å². The van der Waals surface area contributed by atoms with E-state index in [-0.39, 0.29) is 5.82 Å². The maximum atomic E-state index is 13.2. The summed E-state index contributed by atoms with van der Waals surface area (Å²) in [6.45, 7) is 2.83. The summed E-state index contributed by atoms with van der Waals surface area (Å²) in [5.74, 6) is -0.178. The Morgan fingerprint density at radius 1 is 1.42 bits per heavy atom. The Morgan fingerprint density at radius 3 is 3.11 bits per heavy atom. The summed E-state index contributed by atoms with van der Waals surface area (Å²) >= 11 is 1.69. The first-order valence-corrected chi connectivity index (χ1v) is 6.86. The molecule has 19 heavy (non-hydrogen) atoms. The largest absolute Gasteiger partial charge is 0.334 e. The normalized spacial score (nSPS) is 11.7. The maximum Gasteiger partial charge on any atom is 0.123 e. The molecule has 0 saturated heterocycles. The van der Waals surface area contributed by atoms with E-state index in [1.807, 2.05) is 23.8 Å². The van der Waals surface area contributed by atoms with Crippen molar-refractivity contribution >= 4 is 27.5 Å². The predicted molar refractivity (Wildman–Crippen MR) is 77.8 cm³/mol. The van der Waals surface area contributed by atoms with Crippen LogP contribution in [-0.4, -0.2) is 9.55 Å². The number of thiophene rings is 1. The summed E-state index contributed by atoms with van der Waals surface area (Å²) in [5, 5.41) is 1.01. The summed E-state index contributed by atoms with van der Waals surface area (Å²) < 4.78 is 16.4. The number of fused-ring (bicyclic) bond motifs is 1. The predicted octanol–water partition coefficient (Wildman–Crippen LogP) is 4.26. The average Bonchev–Trinajstić information content (AvgIpc) is 3.00. The molecule has 0 aliphatic rings. The fraction of sp³-hybridized carbons (Fsp3) is 0.133. The molecule has 0 aliphatic carbocycles. The molecular formula is C15H13FN2S. The highest BCUT2D eigenvalue weighted by Gasteiger charge is 2.06. The van der Waals surface area contributed by atoms with Crippen molar-refractivity contribution in [1.29, 1.82) is 0 Å². The number of benzene rings is 1. The van der Waals surface area contributed by atoms with Crippen molar-refractivity contribution in [3.05, 3.63) is 59.3 Å². The highest BCUT2D eigenvalue weighted by Crippen LogP contribution is 2.32. The third-order valence-corrected chi connectivity index (χ3v) is 4.32. The molecule has 0 unspecified atom stereocenters. The molecule has 0 aliphatic heterocycles. The Labute approximate surface area is 114 Å². The Kier molecular flexibility index (Phi) is 3.17. The van der Waals surface area contributed by atoms with Crippen molar-refractivity contribution in [2.75, 3.05) is 0 Å². The van der Waals surface area contributed by atoms with E-state index in [1.165, 1.54) is 10.9 Å². The lowest BCUT2D eigenvalue weighted by Crippen LogP contribution is -1.88. The standard InChI is InChI=1S/C15H13FN2S/c1-11-13-9-12(16)4-5-15(13)19-14(11)3-2-7-18-8-6-17-10-18/h2-6,8-10H,7H2,1H3. The van der Waals surface area contributed by atoms with Crippen LogP contribution < -0.4 is 0 Å².